The standard InChI is InChI=1S/C22H24N4O5/c1-24-20-19(21(28)25(2)22(24)29)26(14-23-20)11-7-3-4-8-12-30-17-13-18(27)31-16-10-6-5-9-15(16)17/h5-6,9-10,13-14H,3-4,7-8,11-12H2,1-2H3. The number of imidazole rings is 1. The fourth-order valence-electron chi connectivity index (χ4n) is 3.69. The van der Waals surface area contributed by atoms with Gasteiger partial charge in [0.2, 0.25) is 0 Å². The Hall–Kier alpha value is -3.62. The molecule has 0 aliphatic carbocycles. The van der Waals surface area contributed by atoms with Gasteiger partial charge in [-0.05, 0) is 25.0 Å². The predicted octanol–water partition coefficient (Wildman–Crippen LogP) is 2.18. The summed E-state index contributed by atoms with van der Waals surface area (Å²) in [5.41, 5.74) is 0.227. The molecule has 0 bridgehead atoms. The third-order valence-corrected chi connectivity index (χ3v) is 5.38. The van der Waals surface area contributed by atoms with Gasteiger partial charge in [-0.2, -0.15) is 0 Å². The maximum Gasteiger partial charge on any atom is 0.339 e. The van der Waals surface area contributed by atoms with Crippen LogP contribution in [0.5, 0.6) is 5.75 Å². The molecule has 1 aromatic carbocycles. The third kappa shape index (κ3) is 4.03. The van der Waals surface area contributed by atoms with Gasteiger partial charge in [-0.15, -0.1) is 0 Å². The van der Waals surface area contributed by atoms with Crippen molar-refractivity contribution >= 4 is 22.1 Å². The summed E-state index contributed by atoms with van der Waals surface area (Å²) in [5.74, 6) is 0.540. The van der Waals surface area contributed by atoms with Crippen LogP contribution in [0, 0.1) is 0 Å². The van der Waals surface area contributed by atoms with E-state index in [0.29, 0.717) is 35.6 Å². The molecule has 4 rings (SSSR count). The second-order valence-electron chi connectivity index (χ2n) is 7.50. The van der Waals surface area contributed by atoms with Crippen molar-refractivity contribution < 1.29 is 9.15 Å². The van der Waals surface area contributed by atoms with Crippen molar-refractivity contribution in [3.05, 3.63) is 67.9 Å². The van der Waals surface area contributed by atoms with Crippen LogP contribution in [0.2, 0.25) is 0 Å². The van der Waals surface area contributed by atoms with Gasteiger partial charge in [-0.3, -0.25) is 13.9 Å². The first-order chi connectivity index (χ1) is 15.0. The van der Waals surface area contributed by atoms with E-state index in [1.165, 1.54) is 17.7 Å². The first-order valence-corrected chi connectivity index (χ1v) is 10.2. The number of hydrogen-bond donors (Lipinski definition) is 0. The van der Waals surface area contributed by atoms with Crippen molar-refractivity contribution in [2.24, 2.45) is 14.1 Å². The average Bonchev–Trinajstić information content (AvgIpc) is 3.19. The number of aryl methyl sites for hydroxylation is 2. The van der Waals surface area contributed by atoms with Gasteiger partial charge in [-0.1, -0.05) is 25.0 Å². The normalized spacial score (nSPS) is 11.4. The van der Waals surface area contributed by atoms with Crippen LogP contribution in [-0.4, -0.2) is 25.3 Å². The summed E-state index contributed by atoms with van der Waals surface area (Å²) in [6, 6.07) is 8.67. The number of fused-ring (bicyclic) bond motifs is 2. The van der Waals surface area contributed by atoms with E-state index in [0.717, 1.165) is 35.6 Å². The highest BCUT2D eigenvalue weighted by molar-refractivity contribution is 5.82. The molecule has 3 heterocycles. The largest absolute Gasteiger partial charge is 0.493 e. The maximum atomic E-state index is 12.5. The van der Waals surface area contributed by atoms with Crippen LogP contribution in [0.4, 0.5) is 0 Å². The van der Waals surface area contributed by atoms with E-state index >= 15 is 0 Å². The van der Waals surface area contributed by atoms with Crippen LogP contribution in [0.1, 0.15) is 25.7 Å². The number of para-hydroxylation sites is 1. The average molecular weight is 424 g/mol. The van der Waals surface area contributed by atoms with Crippen LogP contribution in [0.25, 0.3) is 22.1 Å². The topological polar surface area (TPSA) is 101 Å². The monoisotopic (exact) mass is 424 g/mol. The molecule has 162 valence electrons. The van der Waals surface area contributed by atoms with E-state index in [1.807, 2.05) is 22.8 Å². The quantitative estimate of drug-likeness (QED) is 0.317. The number of hydrogen-bond acceptors (Lipinski definition) is 6. The molecule has 0 aliphatic rings. The Balaban J connectivity index is 1.30. The summed E-state index contributed by atoms with van der Waals surface area (Å²) < 4.78 is 15.3. The van der Waals surface area contributed by atoms with E-state index < -0.39 is 5.63 Å². The molecule has 0 atom stereocenters. The lowest BCUT2D eigenvalue weighted by Crippen LogP contribution is -2.37. The minimum atomic E-state index is -0.426. The van der Waals surface area contributed by atoms with Gasteiger partial charge >= 0.3 is 11.3 Å². The molecular weight excluding hydrogens is 400 g/mol. The number of ether oxygens (including phenoxy) is 1. The predicted molar refractivity (Wildman–Crippen MR) is 117 cm³/mol. The number of aromatic nitrogens is 4. The van der Waals surface area contributed by atoms with Crippen molar-refractivity contribution in [2.75, 3.05) is 6.61 Å². The maximum absolute atomic E-state index is 12.5. The molecule has 0 amide bonds. The summed E-state index contributed by atoms with van der Waals surface area (Å²) in [7, 11) is 3.09. The van der Waals surface area contributed by atoms with Gasteiger partial charge in [0.25, 0.3) is 5.56 Å². The van der Waals surface area contributed by atoms with E-state index in [1.54, 1.807) is 19.4 Å². The van der Waals surface area contributed by atoms with Gasteiger partial charge in [-0.25, -0.2) is 14.6 Å². The summed E-state index contributed by atoms with van der Waals surface area (Å²) in [5, 5.41) is 0.782. The molecule has 31 heavy (non-hydrogen) atoms. The van der Waals surface area contributed by atoms with Gasteiger partial charge in [0.05, 0.1) is 24.4 Å². The Morgan fingerprint density at radius 2 is 1.77 bits per heavy atom. The molecule has 9 nitrogen and oxygen atoms in total. The van der Waals surface area contributed by atoms with Crippen LogP contribution in [-0.2, 0) is 20.6 Å². The Labute approximate surface area is 177 Å². The summed E-state index contributed by atoms with van der Waals surface area (Å²) in [6.45, 7) is 1.15. The molecule has 0 radical (unpaired) electrons. The molecule has 0 spiro atoms. The minimum Gasteiger partial charge on any atom is -0.493 e. The highest BCUT2D eigenvalue weighted by atomic mass is 16.5. The second-order valence-corrected chi connectivity index (χ2v) is 7.50. The van der Waals surface area contributed by atoms with Gasteiger partial charge in [0, 0.05) is 20.6 Å². The fourth-order valence-corrected chi connectivity index (χ4v) is 3.69. The highest BCUT2D eigenvalue weighted by Gasteiger charge is 2.13. The van der Waals surface area contributed by atoms with Crippen LogP contribution < -0.4 is 21.6 Å². The molecule has 9 heteroatoms. The first-order valence-electron chi connectivity index (χ1n) is 10.2. The zero-order chi connectivity index (χ0) is 22.0. The molecule has 0 unspecified atom stereocenters. The number of rotatable bonds is 8. The molecule has 0 fully saturated rings. The lowest BCUT2D eigenvalue weighted by Gasteiger charge is -2.09. The molecule has 4 aromatic rings. The van der Waals surface area contributed by atoms with Crippen LogP contribution in [0.3, 0.4) is 0 Å². The zero-order valence-corrected chi connectivity index (χ0v) is 17.5. The smallest absolute Gasteiger partial charge is 0.339 e. The Morgan fingerprint density at radius 1 is 1.00 bits per heavy atom. The zero-order valence-electron chi connectivity index (χ0n) is 17.5. The molecule has 3 aromatic heterocycles. The van der Waals surface area contributed by atoms with Gasteiger partial charge < -0.3 is 13.7 Å². The van der Waals surface area contributed by atoms with E-state index in [2.05, 4.69) is 4.98 Å². The summed E-state index contributed by atoms with van der Waals surface area (Å²) in [4.78, 5) is 40.4. The van der Waals surface area contributed by atoms with Gasteiger partial charge in [0.1, 0.15) is 11.3 Å². The first kappa shape index (κ1) is 20.6. The molecule has 0 saturated heterocycles. The second kappa shape index (κ2) is 8.63. The lowest BCUT2D eigenvalue weighted by atomic mass is 10.2. The molecule has 0 aliphatic heterocycles. The highest BCUT2D eigenvalue weighted by Crippen LogP contribution is 2.23. The van der Waals surface area contributed by atoms with Crippen LogP contribution in [0.15, 0.2) is 55.5 Å². The van der Waals surface area contributed by atoms with E-state index in [4.69, 9.17) is 9.15 Å². The third-order valence-electron chi connectivity index (χ3n) is 5.38. The summed E-state index contributed by atoms with van der Waals surface area (Å²) >= 11 is 0. The SMILES string of the molecule is Cn1c(=O)c2c(ncn2CCCCCCOc2cc(=O)oc3ccccc23)n(C)c1=O. The van der Waals surface area contributed by atoms with Crippen molar-refractivity contribution in [3.8, 4) is 5.75 Å². The summed E-state index contributed by atoms with van der Waals surface area (Å²) in [6.07, 6.45) is 5.22. The molecule has 0 saturated carbocycles. The van der Waals surface area contributed by atoms with Crippen LogP contribution >= 0.6 is 0 Å². The Morgan fingerprint density at radius 3 is 2.61 bits per heavy atom. The van der Waals surface area contributed by atoms with Crippen molar-refractivity contribution in [1.29, 1.82) is 0 Å². The Bertz CT molecular complexity index is 1410. The van der Waals surface area contributed by atoms with Crippen molar-refractivity contribution in [3.63, 3.8) is 0 Å². The number of nitrogens with zero attached hydrogens (tertiary/aromatic N) is 4. The number of benzene rings is 1. The fraction of sp³-hybridized carbons (Fsp3) is 0.364. The Kier molecular flexibility index (Phi) is 5.75. The van der Waals surface area contributed by atoms with Gasteiger partial charge in [0.15, 0.2) is 11.2 Å². The minimum absolute atomic E-state index is 0.330. The molecule has 0 N–H and O–H groups in total. The number of unbranched alkanes of at least 4 members (excludes halogenated alkanes) is 3. The van der Waals surface area contributed by atoms with E-state index in [-0.39, 0.29) is 11.2 Å². The van der Waals surface area contributed by atoms with E-state index in [9.17, 15) is 14.4 Å². The van der Waals surface area contributed by atoms with Crippen molar-refractivity contribution in [2.45, 2.75) is 32.2 Å². The lowest BCUT2D eigenvalue weighted by molar-refractivity contribution is 0.305. The molecular formula is C22H24N4O5. The van der Waals surface area contributed by atoms with Crippen molar-refractivity contribution in [1.82, 2.24) is 18.7 Å².